The first-order chi connectivity index (χ1) is 11.7. The molecule has 0 bridgehead atoms. The quantitative estimate of drug-likeness (QED) is 0.773. The summed E-state index contributed by atoms with van der Waals surface area (Å²) in [7, 11) is 3.90. The third-order valence-corrected chi connectivity index (χ3v) is 4.73. The molecule has 0 unspecified atom stereocenters. The van der Waals surface area contributed by atoms with Crippen LogP contribution < -0.4 is 0 Å². The molecule has 2 aromatic rings. The number of piperidine rings is 1. The number of likely N-dealkylation sites (tertiary alicyclic amines) is 1. The molecule has 3 heterocycles. The molecule has 0 amide bonds. The topological polar surface area (TPSA) is 61.0 Å². The van der Waals surface area contributed by atoms with Crippen LogP contribution in [0.15, 0.2) is 18.5 Å². The Labute approximate surface area is 143 Å². The van der Waals surface area contributed by atoms with E-state index in [-0.39, 0.29) is 5.92 Å². The lowest BCUT2D eigenvalue weighted by atomic mass is 10.0. The lowest BCUT2D eigenvalue weighted by Crippen LogP contribution is -2.32. The molecule has 0 radical (unpaired) electrons. The summed E-state index contributed by atoms with van der Waals surface area (Å²) in [5.74, 6) is 2.23. The molecule has 0 N–H and O–H groups in total. The van der Waals surface area contributed by atoms with E-state index >= 15 is 0 Å². The molecule has 0 saturated carbocycles. The van der Waals surface area contributed by atoms with Gasteiger partial charge in [0, 0.05) is 31.8 Å². The number of hydrogen-bond donors (Lipinski definition) is 0. The Balaban J connectivity index is 1.80. The molecule has 1 fully saturated rings. The summed E-state index contributed by atoms with van der Waals surface area (Å²) in [6, 6.07) is 2.40. The van der Waals surface area contributed by atoms with Crippen molar-refractivity contribution >= 4 is 0 Å². The molecule has 1 saturated heterocycles. The Kier molecular flexibility index (Phi) is 5.63. The van der Waals surface area contributed by atoms with E-state index in [0.29, 0.717) is 12.6 Å². The SMILES string of the molecule is COCCc1nc([C@H](C)Cn2cccn2)n(C2CCN(C)CC2)n1. The van der Waals surface area contributed by atoms with Gasteiger partial charge in [0.05, 0.1) is 19.2 Å². The van der Waals surface area contributed by atoms with Gasteiger partial charge < -0.3 is 9.64 Å². The Hall–Kier alpha value is -1.73. The van der Waals surface area contributed by atoms with Crippen LogP contribution in [0.4, 0.5) is 0 Å². The summed E-state index contributed by atoms with van der Waals surface area (Å²) in [6.07, 6.45) is 6.84. The lowest BCUT2D eigenvalue weighted by Gasteiger charge is -2.30. The number of methoxy groups -OCH3 is 1. The zero-order chi connectivity index (χ0) is 16.9. The van der Waals surface area contributed by atoms with E-state index in [0.717, 1.165) is 50.5 Å². The molecule has 0 spiro atoms. The van der Waals surface area contributed by atoms with Crippen molar-refractivity contribution in [2.75, 3.05) is 33.9 Å². The Morgan fingerprint density at radius 1 is 1.33 bits per heavy atom. The molecule has 0 aliphatic carbocycles. The summed E-state index contributed by atoms with van der Waals surface area (Å²) >= 11 is 0. The summed E-state index contributed by atoms with van der Waals surface area (Å²) < 4.78 is 9.34. The van der Waals surface area contributed by atoms with E-state index in [2.05, 4.69) is 28.7 Å². The van der Waals surface area contributed by atoms with Gasteiger partial charge >= 0.3 is 0 Å². The van der Waals surface area contributed by atoms with Crippen molar-refractivity contribution in [3.8, 4) is 0 Å². The van der Waals surface area contributed by atoms with Gasteiger partial charge in [-0.15, -0.1) is 0 Å². The van der Waals surface area contributed by atoms with Crippen LogP contribution in [-0.4, -0.2) is 63.3 Å². The minimum Gasteiger partial charge on any atom is -0.384 e. The van der Waals surface area contributed by atoms with Crippen LogP contribution >= 0.6 is 0 Å². The van der Waals surface area contributed by atoms with Gasteiger partial charge in [-0.05, 0) is 39.0 Å². The second kappa shape index (κ2) is 7.90. The van der Waals surface area contributed by atoms with E-state index < -0.39 is 0 Å². The second-order valence-corrected chi connectivity index (χ2v) is 6.74. The predicted octanol–water partition coefficient (Wildman–Crippen LogP) is 1.73. The molecule has 7 heteroatoms. The maximum atomic E-state index is 5.19. The fourth-order valence-corrected chi connectivity index (χ4v) is 3.30. The monoisotopic (exact) mass is 332 g/mol. The highest BCUT2D eigenvalue weighted by atomic mass is 16.5. The normalized spacial score (nSPS) is 18.1. The standard InChI is InChI=1S/C17H28N6O/c1-14(13-22-9-4-8-18-22)17-19-16(7-12-24-3)20-23(17)15-5-10-21(2)11-6-15/h4,8-9,14-15H,5-7,10-13H2,1-3H3/t14-/m1/s1. The van der Waals surface area contributed by atoms with Gasteiger partial charge in [-0.2, -0.15) is 10.2 Å². The van der Waals surface area contributed by atoms with E-state index in [1.54, 1.807) is 7.11 Å². The smallest absolute Gasteiger partial charge is 0.153 e. The second-order valence-electron chi connectivity index (χ2n) is 6.74. The van der Waals surface area contributed by atoms with Crippen LogP contribution in [0.5, 0.6) is 0 Å². The van der Waals surface area contributed by atoms with Gasteiger partial charge in [0.2, 0.25) is 0 Å². The first kappa shape index (κ1) is 17.1. The molecular weight excluding hydrogens is 304 g/mol. The number of nitrogens with zero attached hydrogens (tertiary/aromatic N) is 6. The molecule has 0 aromatic carbocycles. The van der Waals surface area contributed by atoms with Gasteiger partial charge in [-0.3, -0.25) is 4.68 Å². The summed E-state index contributed by atoms with van der Waals surface area (Å²) in [4.78, 5) is 7.22. The van der Waals surface area contributed by atoms with Gasteiger partial charge in [-0.1, -0.05) is 6.92 Å². The first-order valence-corrected chi connectivity index (χ1v) is 8.77. The summed E-state index contributed by atoms with van der Waals surface area (Å²) in [6.45, 7) is 5.92. The molecule has 1 aliphatic rings. The highest BCUT2D eigenvalue weighted by Gasteiger charge is 2.25. The minimum atomic E-state index is 0.272. The first-order valence-electron chi connectivity index (χ1n) is 8.77. The highest BCUT2D eigenvalue weighted by molar-refractivity contribution is 5.02. The summed E-state index contributed by atoms with van der Waals surface area (Å²) in [5, 5.41) is 9.15. The third-order valence-electron chi connectivity index (χ3n) is 4.73. The van der Waals surface area contributed by atoms with Crippen molar-refractivity contribution in [3.63, 3.8) is 0 Å². The maximum Gasteiger partial charge on any atom is 0.153 e. The van der Waals surface area contributed by atoms with Crippen molar-refractivity contribution in [2.24, 2.45) is 0 Å². The van der Waals surface area contributed by atoms with Crippen molar-refractivity contribution in [3.05, 3.63) is 30.1 Å². The molecule has 2 aromatic heterocycles. The van der Waals surface area contributed by atoms with Crippen LogP contribution in [-0.2, 0) is 17.7 Å². The lowest BCUT2D eigenvalue weighted by molar-refractivity contribution is 0.198. The van der Waals surface area contributed by atoms with Crippen LogP contribution in [0.3, 0.4) is 0 Å². The number of aromatic nitrogens is 5. The van der Waals surface area contributed by atoms with Crippen LogP contribution in [0.1, 0.15) is 43.4 Å². The van der Waals surface area contributed by atoms with Gasteiger partial charge in [0.1, 0.15) is 5.82 Å². The van der Waals surface area contributed by atoms with Gasteiger partial charge in [0.25, 0.3) is 0 Å². The minimum absolute atomic E-state index is 0.272. The van der Waals surface area contributed by atoms with Gasteiger partial charge in [-0.25, -0.2) is 9.67 Å². The third kappa shape index (κ3) is 4.02. The summed E-state index contributed by atoms with van der Waals surface area (Å²) in [5.41, 5.74) is 0. The Morgan fingerprint density at radius 3 is 2.79 bits per heavy atom. The zero-order valence-electron chi connectivity index (χ0n) is 14.9. The van der Waals surface area contributed by atoms with Crippen molar-refractivity contribution in [1.29, 1.82) is 0 Å². The largest absolute Gasteiger partial charge is 0.384 e. The fourth-order valence-electron chi connectivity index (χ4n) is 3.30. The number of hydrogen-bond acceptors (Lipinski definition) is 5. The maximum absolute atomic E-state index is 5.19. The number of ether oxygens (including phenoxy) is 1. The van der Waals surface area contributed by atoms with E-state index in [1.807, 2.05) is 23.1 Å². The molecular formula is C17H28N6O. The molecule has 3 rings (SSSR count). The molecule has 7 nitrogen and oxygen atoms in total. The van der Waals surface area contributed by atoms with Crippen molar-refractivity contribution in [1.82, 2.24) is 29.4 Å². The molecule has 132 valence electrons. The van der Waals surface area contributed by atoms with Crippen molar-refractivity contribution < 1.29 is 4.74 Å². The van der Waals surface area contributed by atoms with Crippen molar-refractivity contribution in [2.45, 2.75) is 44.7 Å². The van der Waals surface area contributed by atoms with Crippen LogP contribution in [0.2, 0.25) is 0 Å². The molecule has 1 aliphatic heterocycles. The fraction of sp³-hybridized carbons (Fsp3) is 0.706. The molecule has 24 heavy (non-hydrogen) atoms. The Bertz CT molecular complexity index is 615. The zero-order valence-corrected chi connectivity index (χ0v) is 14.9. The average Bonchev–Trinajstić information content (AvgIpc) is 3.23. The average molecular weight is 332 g/mol. The highest BCUT2D eigenvalue weighted by Crippen LogP contribution is 2.26. The number of rotatable bonds is 7. The van der Waals surface area contributed by atoms with E-state index in [1.165, 1.54) is 0 Å². The molecule has 1 atom stereocenters. The Morgan fingerprint density at radius 2 is 2.12 bits per heavy atom. The van der Waals surface area contributed by atoms with Crippen LogP contribution in [0, 0.1) is 0 Å². The van der Waals surface area contributed by atoms with Gasteiger partial charge in [0.15, 0.2) is 5.82 Å². The van der Waals surface area contributed by atoms with Crippen LogP contribution in [0.25, 0.3) is 0 Å². The van der Waals surface area contributed by atoms with E-state index in [4.69, 9.17) is 14.8 Å². The predicted molar refractivity (Wildman–Crippen MR) is 92.0 cm³/mol. The van der Waals surface area contributed by atoms with E-state index in [9.17, 15) is 0 Å².